The average molecular weight is 311 g/mol. The first-order chi connectivity index (χ1) is 10.7. The Hall–Kier alpha value is -2.47. The molecule has 5 nitrogen and oxygen atoms in total. The number of nitro benzene ring substituents is 1. The minimum atomic E-state index is -0.289. The lowest BCUT2D eigenvalue weighted by molar-refractivity contribution is -0.382. The molecule has 0 fully saturated rings. The molecule has 0 unspecified atom stereocenters. The first-order valence-electron chi connectivity index (χ1n) is 7.06. The third-order valence-electron chi connectivity index (χ3n) is 4.07. The zero-order valence-electron chi connectivity index (χ0n) is 11.7. The topological polar surface area (TPSA) is 59.3 Å². The number of aromatic nitrogens is 1. The SMILES string of the molecule is O=[N+]([O-])c1c(N2CCc3sccc3C2)ccc2ncccc12. The van der Waals surface area contributed by atoms with E-state index in [1.165, 1.54) is 10.4 Å². The second-order valence-electron chi connectivity index (χ2n) is 5.30. The normalized spacial score (nSPS) is 14.1. The maximum Gasteiger partial charge on any atom is 0.301 e. The van der Waals surface area contributed by atoms with Gasteiger partial charge in [0.05, 0.1) is 15.8 Å². The van der Waals surface area contributed by atoms with Gasteiger partial charge in [0.25, 0.3) is 0 Å². The van der Waals surface area contributed by atoms with Crippen LogP contribution < -0.4 is 4.90 Å². The Bertz CT molecular complexity index is 875. The standard InChI is InChI=1S/C16H13N3O2S/c20-19(21)16-12-2-1-7-17-13(12)3-4-14(16)18-8-5-15-11(10-18)6-9-22-15/h1-4,6-7,9H,5,8,10H2. The molecule has 22 heavy (non-hydrogen) atoms. The van der Waals surface area contributed by atoms with Crippen LogP contribution in [0.25, 0.3) is 10.9 Å². The molecule has 0 spiro atoms. The molecule has 1 aliphatic heterocycles. The summed E-state index contributed by atoms with van der Waals surface area (Å²) in [7, 11) is 0. The summed E-state index contributed by atoms with van der Waals surface area (Å²) in [5.74, 6) is 0. The summed E-state index contributed by atoms with van der Waals surface area (Å²) in [6.07, 6.45) is 2.60. The maximum absolute atomic E-state index is 11.6. The van der Waals surface area contributed by atoms with E-state index in [2.05, 4.69) is 21.3 Å². The molecule has 0 saturated carbocycles. The van der Waals surface area contributed by atoms with E-state index in [0.717, 1.165) is 19.5 Å². The highest BCUT2D eigenvalue weighted by molar-refractivity contribution is 7.10. The number of rotatable bonds is 2. The van der Waals surface area contributed by atoms with Crippen molar-refractivity contribution in [3.8, 4) is 0 Å². The fourth-order valence-electron chi connectivity index (χ4n) is 3.03. The van der Waals surface area contributed by atoms with Gasteiger partial charge in [-0.05, 0) is 47.7 Å². The van der Waals surface area contributed by atoms with Crippen molar-refractivity contribution >= 4 is 33.6 Å². The predicted octanol–water partition coefficient (Wildman–Crippen LogP) is 3.77. The molecule has 0 aliphatic carbocycles. The van der Waals surface area contributed by atoms with Gasteiger partial charge in [0.2, 0.25) is 0 Å². The third-order valence-corrected chi connectivity index (χ3v) is 5.09. The summed E-state index contributed by atoms with van der Waals surface area (Å²) in [6, 6.07) is 9.31. The van der Waals surface area contributed by atoms with Gasteiger partial charge in [0, 0.05) is 24.2 Å². The van der Waals surface area contributed by atoms with Crippen molar-refractivity contribution in [1.82, 2.24) is 4.98 Å². The largest absolute Gasteiger partial charge is 0.361 e. The number of hydrogen-bond acceptors (Lipinski definition) is 5. The van der Waals surface area contributed by atoms with Gasteiger partial charge in [-0.2, -0.15) is 0 Å². The van der Waals surface area contributed by atoms with E-state index in [0.29, 0.717) is 16.6 Å². The van der Waals surface area contributed by atoms with Gasteiger partial charge in [0.15, 0.2) is 0 Å². The minimum Gasteiger partial charge on any atom is -0.361 e. The van der Waals surface area contributed by atoms with E-state index in [4.69, 9.17) is 0 Å². The van der Waals surface area contributed by atoms with Crippen molar-refractivity contribution in [2.75, 3.05) is 11.4 Å². The Balaban J connectivity index is 1.85. The molecule has 1 aliphatic rings. The zero-order chi connectivity index (χ0) is 15.1. The lowest BCUT2D eigenvalue weighted by Gasteiger charge is -2.28. The molecule has 3 aromatic rings. The van der Waals surface area contributed by atoms with Crippen LogP contribution in [0.15, 0.2) is 41.9 Å². The predicted molar refractivity (Wildman–Crippen MR) is 87.5 cm³/mol. The Morgan fingerprint density at radius 1 is 1.27 bits per heavy atom. The summed E-state index contributed by atoms with van der Waals surface area (Å²) in [6.45, 7) is 1.53. The maximum atomic E-state index is 11.6. The van der Waals surface area contributed by atoms with E-state index in [-0.39, 0.29) is 10.6 Å². The Morgan fingerprint density at radius 3 is 3.05 bits per heavy atom. The minimum absolute atomic E-state index is 0.157. The molecule has 2 aromatic heterocycles. The fourth-order valence-corrected chi connectivity index (χ4v) is 3.92. The highest BCUT2D eigenvalue weighted by atomic mass is 32.1. The zero-order valence-corrected chi connectivity index (χ0v) is 12.5. The van der Waals surface area contributed by atoms with Gasteiger partial charge < -0.3 is 4.90 Å². The molecule has 0 saturated heterocycles. The molecule has 0 amide bonds. The Morgan fingerprint density at radius 2 is 2.18 bits per heavy atom. The van der Waals surface area contributed by atoms with Crippen LogP contribution in [0.4, 0.5) is 11.4 Å². The second kappa shape index (κ2) is 5.06. The number of hydrogen-bond donors (Lipinski definition) is 0. The number of thiophene rings is 1. The molecule has 1 aromatic carbocycles. The second-order valence-corrected chi connectivity index (χ2v) is 6.30. The van der Waals surface area contributed by atoms with Gasteiger partial charge in [-0.3, -0.25) is 15.1 Å². The Labute approximate surface area is 131 Å². The highest BCUT2D eigenvalue weighted by Crippen LogP contribution is 2.37. The van der Waals surface area contributed by atoms with E-state index in [9.17, 15) is 10.1 Å². The molecule has 3 heterocycles. The van der Waals surface area contributed by atoms with Crippen LogP contribution in [0.2, 0.25) is 0 Å². The number of fused-ring (bicyclic) bond motifs is 2. The van der Waals surface area contributed by atoms with Crippen LogP contribution in [0.3, 0.4) is 0 Å². The summed E-state index contributed by atoms with van der Waals surface area (Å²) >= 11 is 1.77. The van der Waals surface area contributed by atoms with Gasteiger partial charge in [-0.1, -0.05) is 0 Å². The number of nitro groups is 1. The summed E-state index contributed by atoms with van der Waals surface area (Å²) in [5, 5.41) is 14.3. The van der Waals surface area contributed by atoms with E-state index in [1.54, 1.807) is 29.7 Å². The lowest BCUT2D eigenvalue weighted by atomic mass is 10.1. The van der Waals surface area contributed by atoms with E-state index >= 15 is 0 Å². The van der Waals surface area contributed by atoms with Gasteiger partial charge >= 0.3 is 5.69 Å². The highest BCUT2D eigenvalue weighted by Gasteiger charge is 2.26. The molecule has 0 bridgehead atoms. The lowest BCUT2D eigenvalue weighted by Crippen LogP contribution is -2.29. The van der Waals surface area contributed by atoms with Crippen LogP contribution in [0.5, 0.6) is 0 Å². The third kappa shape index (κ3) is 2.03. The molecule has 0 radical (unpaired) electrons. The fraction of sp³-hybridized carbons (Fsp3) is 0.188. The first kappa shape index (κ1) is 13.2. The molecular formula is C16H13N3O2S. The first-order valence-corrected chi connectivity index (χ1v) is 7.94. The van der Waals surface area contributed by atoms with Crippen LogP contribution in [0.1, 0.15) is 10.4 Å². The summed E-state index contributed by atoms with van der Waals surface area (Å²) in [4.78, 5) is 19.0. The molecule has 110 valence electrons. The monoisotopic (exact) mass is 311 g/mol. The quantitative estimate of drug-likeness (QED) is 0.534. The van der Waals surface area contributed by atoms with Crippen molar-refractivity contribution < 1.29 is 4.92 Å². The Kier molecular flexibility index (Phi) is 3.04. The average Bonchev–Trinajstić information content (AvgIpc) is 3.01. The molecular weight excluding hydrogens is 298 g/mol. The van der Waals surface area contributed by atoms with E-state index < -0.39 is 0 Å². The van der Waals surface area contributed by atoms with Crippen LogP contribution in [-0.4, -0.2) is 16.5 Å². The summed E-state index contributed by atoms with van der Waals surface area (Å²) in [5.41, 5.74) is 2.77. The van der Waals surface area contributed by atoms with Crippen molar-refractivity contribution in [3.63, 3.8) is 0 Å². The van der Waals surface area contributed by atoms with Gasteiger partial charge in [-0.15, -0.1) is 11.3 Å². The number of nitrogens with zero attached hydrogens (tertiary/aromatic N) is 3. The van der Waals surface area contributed by atoms with Gasteiger partial charge in [0.1, 0.15) is 5.69 Å². The number of anilines is 1. The smallest absolute Gasteiger partial charge is 0.301 e. The number of pyridine rings is 1. The van der Waals surface area contributed by atoms with Crippen molar-refractivity contribution in [2.24, 2.45) is 0 Å². The van der Waals surface area contributed by atoms with E-state index in [1.807, 2.05) is 12.1 Å². The van der Waals surface area contributed by atoms with Crippen molar-refractivity contribution in [2.45, 2.75) is 13.0 Å². The van der Waals surface area contributed by atoms with Crippen LogP contribution in [-0.2, 0) is 13.0 Å². The van der Waals surface area contributed by atoms with Crippen molar-refractivity contribution in [1.29, 1.82) is 0 Å². The molecule has 4 rings (SSSR count). The van der Waals surface area contributed by atoms with Gasteiger partial charge in [-0.25, -0.2) is 0 Å². The van der Waals surface area contributed by atoms with Crippen LogP contribution >= 0.6 is 11.3 Å². The molecule has 0 atom stereocenters. The molecule has 0 N–H and O–H groups in total. The van der Waals surface area contributed by atoms with Crippen molar-refractivity contribution in [3.05, 3.63) is 62.5 Å². The van der Waals surface area contributed by atoms with Crippen LogP contribution in [0, 0.1) is 10.1 Å². The number of benzene rings is 1. The molecule has 6 heteroatoms. The summed E-state index contributed by atoms with van der Waals surface area (Å²) < 4.78 is 0.